The van der Waals surface area contributed by atoms with Crippen LogP contribution in [0.5, 0.6) is 0 Å². The van der Waals surface area contributed by atoms with E-state index in [1.165, 1.54) is 10.6 Å². The normalized spacial score (nSPS) is 11.4. The van der Waals surface area contributed by atoms with E-state index in [1.54, 1.807) is 23.1 Å². The lowest BCUT2D eigenvalue weighted by Crippen LogP contribution is -2.00. The van der Waals surface area contributed by atoms with Crippen molar-refractivity contribution < 1.29 is 0 Å². The van der Waals surface area contributed by atoms with Gasteiger partial charge in [0, 0.05) is 29.2 Å². The van der Waals surface area contributed by atoms with Crippen molar-refractivity contribution in [3.8, 4) is 11.4 Å². The summed E-state index contributed by atoms with van der Waals surface area (Å²) in [6.45, 7) is 9.44. The summed E-state index contributed by atoms with van der Waals surface area (Å²) in [5.74, 6) is 2.25. The third-order valence-electron chi connectivity index (χ3n) is 3.72. The summed E-state index contributed by atoms with van der Waals surface area (Å²) in [6, 6.07) is 8.40. The summed E-state index contributed by atoms with van der Waals surface area (Å²) in [7, 11) is 0. The summed E-state index contributed by atoms with van der Waals surface area (Å²) in [5, 5.41) is 13.1. The first kappa shape index (κ1) is 17.2. The van der Waals surface area contributed by atoms with Crippen molar-refractivity contribution in [1.29, 1.82) is 0 Å². The molecule has 0 aliphatic heterocycles. The molecule has 0 fully saturated rings. The lowest BCUT2D eigenvalue weighted by molar-refractivity contribution is 0.687. The molecule has 0 N–H and O–H groups in total. The van der Waals surface area contributed by atoms with Crippen LogP contribution in [0.3, 0.4) is 0 Å². The van der Waals surface area contributed by atoms with Gasteiger partial charge >= 0.3 is 0 Å². The van der Waals surface area contributed by atoms with E-state index in [0.29, 0.717) is 5.92 Å². The van der Waals surface area contributed by atoms with Gasteiger partial charge in [0.1, 0.15) is 0 Å². The minimum Gasteiger partial charge on any atom is -0.302 e. The van der Waals surface area contributed by atoms with Gasteiger partial charge < -0.3 is 4.57 Å². The van der Waals surface area contributed by atoms with Crippen LogP contribution in [0.25, 0.3) is 11.4 Å². The van der Waals surface area contributed by atoms with Gasteiger partial charge in [-0.05, 0) is 19.9 Å². The minimum absolute atomic E-state index is 0.487. The van der Waals surface area contributed by atoms with E-state index in [-0.39, 0.29) is 0 Å². The maximum atomic E-state index is 4.70. The molecule has 1 aromatic carbocycles. The number of nitrogens with zero attached hydrogens (tertiary/aromatic N) is 4. The maximum Gasteiger partial charge on any atom is 0.191 e. The zero-order valence-corrected chi connectivity index (χ0v) is 16.1. The fraction of sp³-hybridized carbons (Fsp3) is 0.389. The molecule has 2 aromatic heterocycles. The number of aryl methyl sites for hydroxylation is 1. The Hall–Kier alpha value is -1.66. The molecule has 24 heavy (non-hydrogen) atoms. The van der Waals surface area contributed by atoms with Crippen LogP contribution < -0.4 is 0 Å². The summed E-state index contributed by atoms with van der Waals surface area (Å²) in [4.78, 5) is 4.70. The van der Waals surface area contributed by atoms with E-state index < -0.39 is 0 Å². The molecule has 0 saturated heterocycles. The molecule has 0 aliphatic rings. The fourth-order valence-electron chi connectivity index (χ4n) is 2.47. The molecule has 0 unspecified atom stereocenters. The molecule has 0 saturated carbocycles. The molecule has 0 amide bonds. The van der Waals surface area contributed by atoms with Gasteiger partial charge in [0.2, 0.25) is 0 Å². The lowest BCUT2D eigenvalue weighted by Gasteiger charge is -2.07. The molecule has 2 heterocycles. The number of aromatic nitrogens is 4. The van der Waals surface area contributed by atoms with Gasteiger partial charge in [0.15, 0.2) is 11.0 Å². The van der Waals surface area contributed by atoms with Crippen molar-refractivity contribution >= 4 is 23.1 Å². The average molecular weight is 359 g/mol. The third kappa shape index (κ3) is 3.70. The van der Waals surface area contributed by atoms with E-state index in [4.69, 9.17) is 4.98 Å². The quantitative estimate of drug-likeness (QED) is 0.572. The van der Waals surface area contributed by atoms with Gasteiger partial charge in [-0.3, -0.25) is 0 Å². The van der Waals surface area contributed by atoms with Crippen molar-refractivity contribution in [2.45, 2.75) is 51.1 Å². The Kier molecular flexibility index (Phi) is 5.36. The SMILES string of the molecule is CCn1c(SCc2csc(C(C)C)n2)nnc1-c1cccc(C)c1. The molecule has 0 radical (unpaired) electrons. The van der Waals surface area contributed by atoms with Crippen LogP contribution in [-0.4, -0.2) is 19.7 Å². The molecule has 0 atom stereocenters. The summed E-state index contributed by atoms with van der Waals surface area (Å²) < 4.78 is 2.18. The van der Waals surface area contributed by atoms with Crippen LogP contribution in [0.2, 0.25) is 0 Å². The highest BCUT2D eigenvalue weighted by Crippen LogP contribution is 2.28. The van der Waals surface area contributed by atoms with E-state index in [1.807, 2.05) is 0 Å². The third-order valence-corrected chi connectivity index (χ3v) is 5.92. The van der Waals surface area contributed by atoms with Crippen LogP contribution in [-0.2, 0) is 12.3 Å². The van der Waals surface area contributed by atoms with E-state index in [2.05, 4.69) is 72.1 Å². The van der Waals surface area contributed by atoms with Crippen molar-refractivity contribution in [2.24, 2.45) is 0 Å². The zero-order chi connectivity index (χ0) is 17.1. The zero-order valence-electron chi connectivity index (χ0n) is 14.5. The molecular formula is C18H22N4S2. The Bertz CT molecular complexity index is 820. The largest absolute Gasteiger partial charge is 0.302 e. The Balaban J connectivity index is 1.79. The van der Waals surface area contributed by atoms with Crippen LogP contribution in [0.1, 0.15) is 43.0 Å². The number of thiazole rings is 1. The van der Waals surface area contributed by atoms with Crippen LogP contribution in [0, 0.1) is 6.92 Å². The van der Waals surface area contributed by atoms with Crippen molar-refractivity contribution in [3.63, 3.8) is 0 Å². The molecule has 126 valence electrons. The van der Waals surface area contributed by atoms with E-state index >= 15 is 0 Å². The van der Waals surface area contributed by atoms with Crippen molar-refractivity contribution in [2.75, 3.05) is 0 Å². The Morgan fingerprint density at radius 1 is 1.25 bits per heavy atom. The van der Waals surface area contributed by atoms with Gasteiger partial charge in [0.25, 0.3) is 0 Å². The molecule has 0 bridgehead atoms. The highest BCUT2D eigenvalue weighted by Gasteiger charge is 2.14. The first-order valence-electron chi connectivity index (χ1n) is 8.15. The van der Waals surface area contributed by atoms with Crippen molar-refractivity contribution in [1.82, 2.24) is 19.7 Å². The highest BCUT2D eigenvalue weighted by atomic mass is 32.2. The Morgan fingerprint density at radius 2 is 2.08 bits per heavy atom. The van der Waals surface area contributed by atoms with Gasteiger partial charge in [-0.1, -0.05) is 49.4 Å². The number of hydrogen-bond donors (Lipinski definition) is 0. The van der Waals surface area contributed by atoms with Crippen molar-refractivity contribution in [3.05, 3.63) is 45.9 Å². The van der Waals surface area contributed by atoms with Crippen LogP contribution in [0.4, 0.5) is 0 Å². The number of thioether (sulfide) groups is 1. The first-order chi connectivity index (χ1) is 11.6. The summed E-state index contributed by atoms with van der Waals surface area (Å²) in [5.41, 5.74) is 3.47. The molecule has 3 rings (SSSR count). The van der Waals surface area contributed by atoms with Gasteiger partial charge in [-0.15, -0.1) is 21.5 Å². The van der Waals surface area contributed by atoms with Crippen LogP contribution >= 0.6 is 23.1 Å². The predicted octanol–water partition coefficient (Wildman–Crippen LogP) is 5.15. The predicted molar refractivity (Wildman–Crippen MR) is 102 cm³/mol. The second-order valence-electron chi connectivity index (χ2n) is 6.04. The highest BCUT2D eigenvalue weighted by molar-refractivity contribution is 7.98. The Labute approximate surface area is 151 Å². The number of benzene rings is 1. The molecule has 3 aromatic rings. The van der Waals surface area contributed by atoms with E-state index in [9.17, 15) is 0 Å². The monoisotopic (exact) mass is 358 g/mol. The van der Waals surface area contributed by atoms with E-state index in [0.717, 1.165) is 34.5 Å². The maximum absolute atomic E-state index is 4.70. The molecular weight excluding hydrogens is 336 g/mol. The molecule has 0 aliphatic carbocycles. The lowest BCUT2D eigenvalue weighted by atomic mass is 10.1. The van der Waals surface area contributed by atoms with Gasteiger partial charge in [0.05, 0.1) is 10.7 Å². The second-order valence-corrected chi connectivity index (χ2v) is 7.87. The van der Waals surface area contributed by atoms with Gasteiger partial charge in [-0.25, -0.2) is 4.98 Å². The minimum atomic E-state index is 0.487. The Morgan fingerprint density at radius 3 is 2.75 bits per heavy atom. The molecule has 4 nitrogen and oxygen atoms in total. The smallest absolute Gasteiger partial charge is 0.191 e. The van der Waals surface area contributed by atoms with Crippen LogP contribution in [0.15, 0.2) is 34.8 Å². The fourth-order valence-corrected chi connectivity index (χ4v) is 4.31. The first-order valence-corrected chi connectivity index (χ1v) is 10.0. The topological polar surface area (TPSA) is 43.6 Å². The standard InChI is InChI=1S/C18H22N4S2/c1-5-22-16(14-8-6-7-13(4)9-14)20-21-18(22)24-11-15-10-23-17(19-15)12(2)3/h6-10,12H,5,11H2,1-4H3. The van der Waals surface area contributed by atoms with Gasteiger partial charge in [-0.2, -0.15) is 0 Å². The summed E-state index contributed by atoms with van der Waals surface area (Å²) >= 11 is 3.44. The second kappa shape index (κ2) is 7.49. The average Bonchev–Trinajstić information content (AvgIpc) is 3.19. The number of rotatable bonds is 6. The molecule has 0 spiro atoms. The summed E-state index contributed by atoms with van der Waals surface area (Å²) in [6.07, 6.45) is 0. The number of hydrogen-bond acceptors (Lipinski definition) is 5. The molecule has 6 heteroatoms.